The predicted octanol–water partition coefficient (Wildman–Crippen LogP) is 2.62. The van der Waals surface area contributed by atoms with Crippen molar-refractivity contribution in [3.05, 3.63) is 64.7 Å². The Hall–Kier alpha value is -2.86. The Balaban J connectivity index is 1.76. The number of benzene rings is 2. The number of carbonyl (C=O) groups is 2. The molecule has 6 nitrogen and oxygen atoms in total. The van der Waals surface area contributed by atoms with E-state index >= 15 is 0 Å². The van der Waals surface area contributed by atoms with Crippen LogP contribution in [-0.2, 0) is 4.79 Å². The molecule has 2 aromatic carbocycles. The summed E-state index contributed by atoms with van der Waals surface area (Å²) in [7, 11) is 0. The molecule has 0 aliphatic carbocycles. The molecule has 0 aromatic heterocycles. The van der Waals surface area contributed by atoms with Crippen LogP contribution in [0.2, 0.25) is 5.02 Å². The second kappa shape index (κ2) is 9.44. The Labute approximate surface area is 150 Å². The number of hydrogen-bond acceptors (Lipinski definition) is 4. The highest BCUT2D eigenvalue weighted by atomic mass is 35.5. The van der Waals surface area contributed by atoms with Gasteiger partial charge in [0.05, 0.1) is 19.4 Å². The van der Waals surface area contributed by atoms with E-state index in [0.29, 0.717) is 17.2 Å². The van der Waals surface area contributed by atoms with Gasteiger partial charge in [-0.05, 0) is 61.0 Å². The van der Waals surface area contributed by atoms with Gasteiger partial charge < -0.3 is 10.1 Å². The lowest BCUT2D eigenvalue weighted by Gasteiger charge is -2.04. The summed E-state index contributed by atoms with van der Waals surface area (Å²) in [5.41, 5.74) is 3.59. The SMILES string of the molecule is CCOc1ccc(/C=N/NC(=O)CNC(=O)c2ccc(Cl)cc2)cc1. The van der Waals surface area contributed by atoms with Crippen LogP contribution in [0.5, 0.6) is 5.75 Å². The number of ether oxygens (including phenoxy) is 1. The van der Waals surface area contributed by atoms with Crippen LogP contribution in [-0.4, -0.2) is 31.2 Å². The number of nitrogens with one attached hydrogen (secondary N) is 2. The third-order valence-corrected chi connectivity index (χ3v) is 3.36. The van der Waals surface area contributed by atoms with Crippen molar-refractivity contribution in [1.29, 1.82) is 0 Å². The second-order valence-electron chi connectivity index (χ2n) is 4.98. The van der Waals surface area contributed by atoms with Gasteiger partial charge in [0.25, 0.3) is 11.8 Å². The summed E-state index contributed by atoms with van der Waals surface area (Å²) >= 11 is 5.76. The van der Waals surface area contributed by atoms with Gasteiger partial charge in [-0.25, -0.2) is 5.43 Å². The maximum atomic E-state index is 11.9. The number of amides is 2. The quantitative estimate of drug-likeness (QED) is 0.589. The Morgan fingerprint density at radius 3 is 2.44 bits per heavy atom. The van der Waals surface area contributed by atoms with E-state index in [1.165, 1.54) is 6.21 Å². The van der Waals surface area contributed by atoms with Crippen molar-refractivity contribution in [3.63, 3.8) is 0 Å². The van der Waals surface area contributed by atoms with Gasteiger partial charge in [-0.3, -0.25) is 9.59 Å². The second-order valence-corrected chi connectivity index (χ2v) is 5.42. The van der Waals surface area contributed by atoms with Crippen LogP contribution >= 0.6 is 11.6 Å². The maximum Gasteiger partial charge on any atom is 0.259 e. The van der Waals surface area contributed by atoms with Gasteiger partial charge in [0.15, 0.2) is 0 Å². The average molecular weight is 360 g/mol. The minimum Gasteiger partial charge on any atom is -0.494 e. The Bertz CT molecular complexity index is 743. The molecule has 0 spiro atoms. The zero-order chi connectivity index (χ0) is 18.1. The molecule has 130 valence electrons. The molecule has 2 amide bonds. The van der Waals surface area contributed by atoms with Crippen LogP contribution in [0, 0.1) is 0 Å². The van der Waals surface area contributed by atoms with Crippen molar-refractivity contribution in [2.24, 2.45) is 5.10 Å². The molecule has 0 unspecified atom stereocenters. The molecule has 0 radical (unpaired) electrons. The van der Waals surface area contributed by atoms with E-state index in [1.54, 1.807) is 24.3 Å². The fourth-order valence-corrected chi connectivity index (χ4v) is 2.02. The van der Waals surface area contributed by atoms with E-state index in [4.69, 9.17) is 16.3 Å². The third kappa shape index (κ3) is 6.27. The fourth-order valence-electron chi connectivity index (χ4n) is 1.90. The van der Waals surface area contributed by atoms with E-state index in [9.17, 15) is 9.59 Å². The first-order valence-corrected chi connectivity index (χ1v) is 8.05. The van der Waals surface area contributed by atoms with Gasteiger partial charge in [-0.1, -0.05) is 11.6 Å². The monoisotopic (exact) mass is 359 g/mol. The zero-order valence-corrected chi connectivity index (χ0v) is 14.4. The van der Waals surface area contributed by atoms with Crippen LogP contribution < -0.4 is 15.5 Å². The molecule has 2 N–H and O–H groups in total. The first kappa shape index (κ1) is 18.5. The number of carbonyl (C=O) groups excluding carboxylic acids is 2. The molecule has 0 heterocycles. The van der Waals surface area contributed by atoms with E-state index in [0.717, 1.165) is 11.3 Å². The Morgan fingerprint density at radius 1 is 1.12 bits per heavy atom. The summed E-state index contributed by atoms with van der Waals surface area (Å²) in [4.78, 5) is 23.5. The molecular weight excluding hydrogens is 342 g/mol. The lowest BCUT2D eigenvalue weighted by Crippen LogP contribution is -2.34. The van der Waals surface area contributed by atoms with Crippen LogP contribution in [0.4, 0.5) is 0 Å². The summed E-state index contributed by atoms with van der Waals surface area (Å²) in [6.07, 6.45) is 1.51. The van der Waals surface area contributed by atoms with Crippen molar-refractivity contribution in [2.45, 2.75) is 6.92 Å². The number of hydrazone groups is 1. The van der Waals surface area contributed by atoms with Crippen LogP contribution in [0.1, 0.15) is 22.8 Å². The van der Waals surface area contributed by atoms with Crippen LogP contribution in [0.15, 0.2) is 53.6 Å². The molecule has 0 saturated carbocycles. The molecular formula is C18H18ClN3O3. The Morgan fingerprint density at radius 2 is 1.80 bits per heavy atom. The van der Waals surface area contributed by atoms with Crippen molar-refractivity contribution >= 4 is 29.6 Å². The van der Waals surface area contributed by atoms with E-state index in [2.05, 4.69) is 15.8 Å². The topological polar surface area (TPSA) is 79.8 Å². The van der Waals surface area contributed by atoms with Gasteiger partial charge in [0, 0.05) is 10.6 Å². The molecule has 7 heteroatoms. The highest BCUT2D eigenvalue weighted by Gasteiger charge is 2.07. The first-order valence-electron chi connectivity index (χ1n) is 7.67. The normalized spacial score (nSPS) is 10.5. The first-order chi connectivity index (χ1) is 12.1. The van der Waals surface area contributed by atoms with E-state index in [1.807, 2.05) is 31.2 Å². The van der Waals surface area contributed by atoms with Gasteiger partial charge in [0.1, 0.15) is 5.75 Å². The third-order valence-electron chi connectivity index (χ3n) is 3.11. The highest BCUT2D eigenvalue weighted by molar-refractivity contribution is 6.30. The largest absolute Gasteiger partial charge is 0.494 e. The lowest BCUT2D eigenvalue weighted by molar-refractivity contribution is -0.120. The summed E-state index contributed by atoms with van der Waals surface area (Å²) in [5.74, 6) is -0.0135. The molecule has 25 heavy (non-hydrogen) atoms. The van der Waals surface area contributed by atoms with Crippen LogP contribution in [0.3, 0.4) is 0 Å². The summed E-state index contributed by atoms with van der Waals surface area (Å²) < 4.78 is 5.34. The van der Waals surface area contributed by atoms with Crippen molar-refractivity contribution < 1.29 is 14.3 Å². The smallest absolute Gasteiger partial charge is 0.259 e. The highest BCUT2D eigenvalue weighted by Crippen LogP contribution is 2.10. The van der Waals surface area contributed by atoms with Gasteiger partial charge in [-0.2, -0.15) is 5.10 Å². The van der Waals surface area contributed by atoms with Crippen molar-refractivity contribution in [3.8, 4) is 5.75 Å². The molecule has 0 bridgehead atoms. The molecule has 0 aliphatic rings. The average Bonchev–Trinajstić information content (AvgIpc) is 2.62. The number of rotatable bonds is 7. The van der Waals surface area contributed by atoms with Gasteiger partial charge in [0.2, 0.25) is 0 Å². The number of hydrogen-bond donors (Lipinski definition) is 2. The minimum absolute atomic E-state index is 0.178. The Kier molecular flexibility index (Phi) is 6.98. The molecule has 0 aliphatic heterocycles. The minimum atomic E-state index is -0.426. The maximum absolute atomic E-state index is 11.9. The van der Waals surface area contributed by atoms with Crippen molar-refractivity contribution in [1.82, 2.24) is 10.7 Å². The molecule has 0 atom stereocenters. The summed E-state index contributed by atoms with van der Waals surface area (Å²) in [6, 6.07) is 13.7. The van der Waals surface area contributed by atoms with Gasteiger partial charge >= 0.3 is 0 Å². The zero-order valence-electron chi connectivity index (χ0n) is 13.7. The lowest BCUT2D eigenvalue weighted by atomic mass is 10.2. The summed E-state index contributed by atoms with van der Waals surface area (Å²) in [6.45, 7) is 2.34. The standard InChI is InChI=1S/C18H18ClN3O3/c1-2-25-16-9-3-13(4-10-16)11-21-22-17(23)12-20-18(24)14-5-7-15(19)8-6-14/h3-11H,2,12H2,1H3,(H,20,24)(H,22,23)/b21-11+. The number of halogens is 1. The van der Waals surface area contributed by atoms with Crippen molar-refractivity contribution in [2.75, 3.05) is 13.2 Å². The summed E-state index contributed by atoms with van der Waals surface area (Å²) in [5, 5.41) is 6.89. The van der Waals surface area contributed by atoms with Gasteiger partial charge in [-0.15, -0.1) is 0 Å². The molecule has 2 aromatic rings. The number of nitrogens with zero attached hydrogens (tertiary/aromatic N) is 1. The van der Waals surface area contributed by atoms with E-state index in [-0.39, 0.29) is 12.5 Å². The molecule has 0 saturated heterocycles. The van der Waals surface area contributed by atoms with Crippen LogP contribution in [0.25, 0.3) is 0 Å². The molecule has 2 rings (SSSR count). The predicted molar refractivity (Wildman–Crippen MR) is 97.1 cm³/mol. The van der Waals surface area contributed by atoms with E-state index < -0.39 is 5.91 Å². The molecule has 0 fully saturated rings. The fraction of sp³-hybridized carbons (Fsp3) is 0.167.